The second-order valence-corrected chi connectivity index (χ2v) is 6.16. The van der Waals surface area contributed by atoms with Gasteiger partial charge in [0.05, 0.1) is 5.60 Å². The van der Waals surface area contributed by atoms with Crippen LogP contribution in [-0.2, 0) is 4.74 Å². The Bertz CT molecular complexity index is 180. The molecule has 17 heavy (non-hydrogen) atoms. The van der Waals surface area contributed by atoms with E-state index in [2.05, 4.69) is 29.8 Å². The minimum atomic E-state index is 0.165. The van der Waals surface area contributed by atoms with Crippen molar-refractivity contribution < 1.29 is 4.74 Å². The van der Waals surface area contributed by atoms with Gasteiger partial charge >= 0.3 is 0 Å². The highest BCUT2D eigenvalue weighted by molar-refractivity contribution is 9.09. The highest BCUT2D eigenvalue weighted by Gasteiger charge is 2.34. The van der Waals surface area contributed by atoms with Crippen LogP contribution in [0.2, 0.25) is 0 Å². The number of hydrogen-bond donors (Lipinski definition) is 0. The van der Waals surface area contributed by atoms with Gasteiger partial charge in [-0.05, 0) is 38.0 Å². The Morgan fingerprint density at radius 2 is 1.82 bits per heavy atom. The molecular formula is C15H29BrO. The fourth-order valence-electron chi connectivity index (χ4n) is 2.86. The van der Waals surface area contributed by atoms with E-state index in [0.717, 1.165) is 17.9 Å². The third-order valence-electron chi connectivity index (χ3n) is 4.11. The highest BCUT2D eigenvalue weighted by Crippen LogP contribution is 2.38. The van der Waals surface area contributed by atoms with Crippen LogP contribution >= 0.6 is 15.9 Å². The van der Waals surface area contributed by atoms with Gasteiger partial charge in [-0.3, -0.25) is 0 Å². The maximum Gasteiger partial charge on any atom is 0.0779 e. The third kappa shape index (κ3) is 5.30. The van der Waals surface area contributed by atoms with Crippen molar-refractivity contribution in [1.82, 2.24) is 0 Å². The minimum absolute atomic E-state index is 0.165. The van der Waals surface area contributed by atoms with Gasteiger partial charge < -0.3 is 4.74 Å². The summed E-state index contributed by atoms with van der Waals surface area (Å²) in [5, 5.41) is 1.02. The number of unbranched alkanes of at least 4 members (excludes halogenated alkanes) is 2. The molecule has 0 heterocycles. The zero-order valence-corrected chi connectivity index (χ0v) is 13.2. The summed E-state index contributed by atoms with van der Waals surface area (Å²) in [5.74, 6) is 0.964. The van der Waals surface area contributed by atoms with E-state index in [-0.39, 0.29) is 5.60 Å². The Kier molecular flexibility index (Phi) is 7.77. The average Bonchev–Trinajstić information content (AvgIpc) is 2.37. The molecule has 0 spiro atoms. The van der Waals surface area contributed by atoms with Crippen LogP contribution in [0.4, 0.5) is 0 Å². The number of ether oxygens (including phenoxy) is 1. The summed E-state index contributed by atoms with van der Waals surface area (Å²) in [6.45, 7) is 5.50. The van der Waals surface area contributed by atoms with Crippen molar-refractivity contribution in [2.45, 2.75) is 77.2 Å². The molecule has 0 unspecified atom stereocenters. The average molecular weight is 305 g/mol. The molecule has 1 aliphatic rings. The summed E-state index contributed by atoms with van der Waals surface area (Å²) < 4.78 is 6.20. The Balaban J connectivity index is 2.28. The summed E-state index contributed by atoms with van der Waals surface area (Å²) in [6, 6.07) is 0. The van der Waals surface area contributed by atoms with Gasteiger partial charge in [0.15, 0.2) is 0 Å². The topological polar surface area (TPSA) is 9.23 Å². The summed E-state index contributed by atoms with van der Waals surface area (Å²) in [5.41, 5.74) is 0.165. The number of halogens is 1. The van der Waals surface area contributed by atoms with Crippen molar-refractivity contribution in [3.63, 3.8) is 0 Å². The first-order valence-corrected chi connectivity index (χ1v) is 8.58. The van der Waals surface area contributed by atoms with Gasteiger partial charge in [0, 0.05) is 11.9 Å². The van der Waals surface area contributed by atoms with Crippen molar-refractivity contribution >= 4 is 15.9 Å². The smallest absolute Gasteiger partial charge is 0.0779 e. The minimum Gasteiger partial charge on any atom is -0.374 e. The van der Waals surface area contributed by atoms with Crippen LogP contribution in [0.15, 0.2) is 0 Å². The molecule has 0 amide bonds. The molecule has 2 heteroatoms. The maximum atomic E-state index is 6.20. The van der Waals surface area contributed by atoms with Crippen LogP contribution in [0.3, 0.4) is 0 Å². The SMILES string of the molecule is CCCCCOC1(CBr)CCC(CCC)CC1. The molecular weight excluding hydrogens is 276 g/mol. The summed E-state index contributed by atoms with van der Waals surface area (Å²) >= 11 is 3.67. The molecule has 1 aliphatic carbocycles. The van der Waals surface area contributed by atoms with Crippen molar-refractivity contribution in [3.05, 3.63) is 0 Å². The Labute approximate surface area is 116 Å². The molecule has 0 aromatic rings. The van der Waals surface area contributed by atoms with E-state index < -0.39 is 0 Å². The Morgan fingerprint density at radius 1 is 1.12 bits per heavy atom. The molecule has 1 rings (SSSR count). The number of alkyl halides is 1. The molecule has 0 N–H and O–H groups in total. The van der Waals surface area contributed by atoms with Gasteiger partial charge in [0.2, 0.25) is 0 Å². The van der Waals surface area contributed by atoms with Crippen molar-refractivity contribution in [2.75, 3.05) is 11.9 Å². The second kappa shape index (κ2) is 8.53. The van der Waals surface area contributed by atoms with Gasteiger partial charge in [-0.2, -0.15) is 0 Å². The first-order valence-electron chi connectivity index (χ1n) is 7.46. The molecule has 1 fully saturated rings. The number of rotatable bonds is 8. The molecule has 0 aliphatic heterocycles. The Morgan fingerprint density at radius 3 is 2.35 bits per heavy atom. The van der Waals surface area contributed by atoms with Crippen molar-refractivity contribution in [1.29, 1.82) is 0 Å². The monoisotopic (exact) mass is 304 g/mol. The van der Waals surface area contributed by atoms with E-state index >= 15 is 0 Å². The lowest BCUT2D eigenvalue weighted by Gasteiger charge is -2.39. The van der Waals surface area contributed by atoms with E-state index in [1.807, 2.05) is 0 Å². The quantitative estimate of drug-likeness (QED) is 0.436. The highest BCUT2D eigenvalue weighted by atomic mass is 79.9. The molecule has 0 aromatic carbocycles. The lowest BCUT2D eigenvalue weighted by Crippen LogP contribution is -2.39. The van der Waals surface area contributed by atoms with Gasteiger partial charge in [0.1, 0.15) is 0 Å². The second-order valence-electron chi connectivity index (χ2n) is 5.60. The molecule has 1 saturated carbocycles. The van der Waals surface area contributed by atoms with Crippen LogP contribution < -0.4 is 0 Å². The summed E-state index contributed by atoms with van der Waals surface area (Å²) in [7, 11) is 0. The molecule has 102 valence electrons. The molecule has 0 aromatic heterocycles. The summed E-state index contributed by atoms with van der Waals surface area (Å²) in [4.78, 5) is 0. The molecule has 0 bridgehead atoms. The fraction of sp³-hybridized carbons (Fsp3) is 1.00. The zero-order valence-electron chi connectivity index (χ0n) is 11.6. The van der Waals surface area contributed by atoms with Gasteiger partial charge in [-0.1, -0.05) is 55.5 Å². The standard InChI is InChI=1S/C15H29BrO/c1-3-5-6-12-17-15(13-16)10-8-14(7-4-2)9-11-15/h14H,3-13H2,1-2H3. The lowest BCUT2D eigenvalue weighted by molar-refractivity contribution is -0.0617. The largest absolute Gasteiger partial charge is 0.374 e. The van der Waals surface area contributed by atoms with Gasteiger partial charge in [-0.15, -0.1) is 0 Å². The van der Waals surface area contributed by atoms with Crippen LogP contribution in [0.5, 0.6) is 0 Å². The van der Waals surface area contributed by atoms with Gasteiger partial charge in [-0.25, -0.2) is 0 Å². The third-order valence-corrected chi connectivity index (χ3v) is 5.13. The van der Waals surface area contributed by atoms with E-state index in [9.17, 15) is 0 Å². The first kappa shape index (κ1) is 15.5. The van der Waals surface area contributed by atoms with Crippen molar-refractivity contribution in [3.8, 4) is 0 Å². The molecule has 0 radical (unpaired) electrons. The zero-order chi connectivity index (χ0) is 12.6. The van der Waals surface area contributed by atoms with Crippen LogP contribution in [0, 0.1) is 5.92 Å². The van der Waals surface area contributed by atoms with E-state index in [1.54, 1.807) is 0 Å². The molecule has 0 atom stereocenters. The van der Waals surface area contributed by atoms with Gasteiger partial charge in [0.25, 0.3) is 0 Å². The van der Waals surface area contributed by atoms with E-state index in [0.29, 0.717) is 0 Å². The fourth-order valence-corrected chi connectivity index (χ4v) is 3.58. The van der Waals surface area contributed by atoms with Crippen molar-refractivity contribution in [2.24, 2.45) is 5.92 Å². The predicted molar refractivity (Wildman–Crippen MR) is 78.9 cm³/mol. The first-order chi connectivity index (χ1) is 8.26. The normalized spacial score (nSPS) is 29.5. The predicted octanol–water partition coefficient (Wildman–Crippen LogP) is 5.32. The number of hydrogen-bond acceptors (Lipinski definition) is 1. The maximum absolute atomic E-state index is 6.20. The lowest BCUT2D eigenvalue weighted by atomic mass is 9.78. The van der Waals surface area contributed by atoms with E-state index in [4.69, 9.17) is 4.74 Å². The van der Waals surface area contributed by atoms with Crippen LogP contribution in [0.1, 0.15) is 71.6 Å². The van der Waals surface area contributed by atoms with E-state index in [1.165, 1.54) is 57.8 Å². The summed E-state index contributed by atoms with van der Waals surface area (Å²) in [6.07, 6.45) is 11.8. The van der Waals surface area contributed by atoms with Crippen LogP contribution in [-0.4, -0.2) is 17.5 Å². The molecule has 0 saturated heterocycles. The van der Waals surface area contributed by atoms with Crippen LogP contribution in [0.25, 0.3) is 0 Å². The molecule has 1 nitrogen and oxygen atoms in total. The Hall–Kier alpha value is 0.440.